The van der Waals surface area contributed by atoms with Gasteiger partial charge in [-0.05, 0) is 38.2 Å². The van der Waals surface area contributed by atoms with Gasteiger partial charge in [-0.25, -0.2) is 4.39 Å². The van der Waals surface area contributed by atoms with Crippen molar-refractivity contribution < 1.29 is 9.13 Å². The average Bonchev–Trinajstić information content (AvgIpc) is 2.59. The number of aromatic nitrogens is 1. The highest BCUT2D eigenvalue weighted by Crippen LogP contribution is 2.25. The maximum atomic E-state index is 14.0. The van der Waals surface area contributed by atoms with Crippen LogP contribution in [-0.2, 0) is 13.1 Å². The summed E-state index contributed by atoms with van der Waals surface area (Å²) in [7, 11) is 3.71. The summed E-state index contributed by atoms with van der Waals surface area (Å²) in [6.45, 7) is 3.42. The summed E-state index contributed by atoms with van der Waals surface area (Å²) in [4.78, 5) is 14.2. The van der Waals surface area contributed by atoms with Gasteiger partial charge in [0, 0.05) is 24.4 Å². The Balaban J connectivity index is 2.15. The number of halogens is 2. The Hall–Kier alpha value is -1.85. The molecule has 1 aromatic heterocycles. The average molecular weight is 381 g/mol. The lowest BCUT2D eigenvalue weighted by Crippen LogP contribution is -2.20. The van der Waals surface area contributed by atoms with Gasteiger partial charge in [0.05, 0.1) is 18.2 Å². The van der Waals surface area contributed by atoms with Gasteiger partial charge in [-0.1, -0.05) is 37.4 Å². The van der Waals surface area contributed by atoms with Gasteiger partial charge < -0.3 is 14.2 Å². The number of nitrogens with zero attached hydrogens (tertiary/aromatic N) is 2. The van der Waals surface area contributed by atoms with Crippen LogP contribution >= 0.6 is 11.6 Å². The van der Waals surface area contributed by atoms with Crippen LogP contribution in [0.2, 0.25) is 5.02 Å². The number of hydrogen-bond donors (Lipinski definition) is 0. The molecular weight excluding hydrogens is 355 g/mol. The van der Waals surface area contributed by atoms with Crippen molar-refractivity contribution in [3.05, 3.63) is 62.8 Å². The number of unbranched alkanes of at least 4 members (excludes halogenated alkanes) is 2. The number of benzene rings is 1. The number of pyridine rings is 1. The lowest BCUT2D eigenvalue weighted by atomic mass is 10.1. The molecule has 2 rings (SSSR count). The Bertz CT molecular complexity index is 790. The van der Waals surface area contributed by atoms with Crippen LogP contribution in [0.4, 0.5) is 4.39 Å². The van der Waals surface area contributed by atoms with Crippen molar-refractivity contribution in [1.82, 2.24) is 9.47 Å². The second-order valence-corrected chi connectivity index (χ2v) is 7.00. The van der Waals surface area contributed by atoms with Crippen molar-refractivity contribution in [2.75, 3.05) is 20.7 Å². The van der Waals surface area contributed by atoms with E-state index in [1.54, 1.807) is 18.3 Å². The van der Waals surface area contributed by atoms with Crippen molar-refractivity contribution >= 4 is 11.6 Å². The normalized spacial score (nSPS) is 11.2. The van der Waals surface area contributed by atoms with Gasteiger partial charge in [-0.2, -0.15) is 0 Å². The maximum Gasteiger partial charge on any atom is 0.254 e. The Labute approximate surface area is 159 Å². The van der Waals surface area contributed by atoms with Crippen molar-refractivity contribution in [3.63, 3.8) is 0 Å². The highest BCUT2D eigenvalue weighted by molar-refractivity contribution is 6.32. The molecule has 0 aliphatic rings. The molecule has 142 valence electrons. The maximum absolute atomic E-state index is 14.0. The molecule has 0 bridgehead atoms. The van der Waals surface area contributed by atoms with Gasteiger partial charge in [0.1, 0.15) is 11.6 Å². The molecule has 0 atom stereocenters. The molecule has 0 spiro atoms. The predicted molar refractivity (Wildman–Crippen MR) is 104 cm³/mol. The van der Waals surface area contributed by atoms with Crippen molar-refractivity contribution in [2.24, 2.45) is 0 Å². The largest absolute Gasteiger partial charge is 0.493 e. The Kier molecular flexibility index (Phi) is 7.66. The second-order valence-electron chi connectivity index (χ2n) is 6.62. The number of hydrogen-bond acceptors (Lipinski definition) is 3. The van der Waals surface area contributed by atoms with Crippen LogP contribution in [0.3, 0.4) is 0 Å². The summed E-state index contributed by atoms with van der Waals surface area (Å²) in [6, 6.07) is 6.27. The minimum Gasteiger partial charge on any atom is -0.493 e. The van der Waals surface area contributed by atoms with Crippen molar-refractivity contribution in [2.45, 2.75) is 39.3 Å². The first-order valence-corrected chi connectivity index (χ1v) is 9.24. The van der Waals surface area contributed by atoms with Gasteiger partial charge in [0.25, 0.3) is 5.56 Å². The van der Waals surface area contributed by atoms with E-state index >= 15 is 0 Å². The molecule has 0 aliphatic heterocycles. The molecule has 0 radical (unpaired) electrons. The van der Waals surface area contributed by atoms with E-state index in [0.29, 0.717) is 35.1 Å². The summed E-state index contributed by atoms with van der Waals surface area (Å²) in [5.41, 5.74) is 0.981. The molecule has 0 amide bonds. The predicted octanol–water partition coefficient (Wildman–Crippen LogP) is 4.32. The van der Waals surface area contributed by atoms with E-state index in [9.17, 15) is 9.18 Å². The fraction of sp³-hybridized carbons (Fsp3) is 0.450. The zero-order valence-electron chi connectivity index (χ0n) is 15.6. The number of ether oxygens (including phenoxy) is 1. The lowest BCUT2D eigenvalue weighted by molar-refractivity contribution is 0.305. The van der Waals surface area contributed by atoms with Crippen LogP contribution in [-0.4, -0.2) is 30.2 Å². The molecule has 0 saturated carbocycles. The monoisotopic (exact) mass is 380 g/mol. The molecule has 1 aromatic carbocycles. The first-order chi connectivity index (χ1) is 12.4. The standard InChI is InChI=1S/C20H26ClFN2O2/c1-4-5-6-11-26-16-9-10-24(19(25)12-16)13-15-7-8-18(22)17(20(15)21)14-23(2)3/h7-10,12H,4-6,11,13-14H2,1-3H3. The van der Waals surface area contributed by atoms with Gasteiger partial charge in [-0.3, -0.25) is 4.79 Å². The minimum atomic E-state index is -0.337. The minimum absolute atomic E-state index is 0.174. The van der Waals surface area contributed by atoms with Crippen LogP contribution in [0.25, 0.3) is 0 Å². The van der Waals surface area contributed by atoms with Gasteiger partial charge in [0.2, 0.25) is 0 Å². The Morgan fingerprint density at radius 1 is 1.23 bits per heavy atom. The molecule has 2 aromatic rings. The molecule has 0 N–H and O–H groups in total. The van der Waals surface area contributed by atoms with E-state index in [-0.39, 0.29) is 17.9 Å². The highest BCUT2D eigenvalue weighted by Gasteiger charge is 2.13. The van der Waals surface area contributed by atoms with E-state index < -0.39 is 0 Å². The summed E-state index contributed by atoms with van der Waals surface area (Å²) in [5, 5.41) is 0.366. The molecule has 0 fully saturated rings. The molecule has 6 heteroatoms. The van der Waals surface area contributed by atoms with E-state index in [2.05, 4.69) is 6.92 Å². The van der Waals surface area contributed by atoms with E-state index in [4.69, 9.17) is 16.3 Å². The molecule has 0 unspecified atom stereocenters. The molecule has 0 aliphatic carbocycles. The summed E-state index contributed by atoms with van der Waals surface area (Å²) < 4.78 is 21.2. The van der Waals surface area contributed by atoms with Crippen LogP contribution in [0.15, 0.2) is 35.3 Å². The van der Waals surface area contributed by atoms with Crippen LogP contribution in [0.5, 0.6) is 5.75 Å². The zero-order valence-corrected chi connectivity index (χ0v) is 16.4. The topological polar surface area (TPSA) is 34.5 Å². The lowest BCUT2D eigenvalue weighted by Gasteiger charge is -2.15. The first-order valence-electron chi connectivity index (χ1n) is 8.86. The van der Waals surface area contributed by atoms with Crippen LogP contribution in [0.1, 0.15) is 37.3 Å². The third-order valence-electron chi connectivity index (χ3n) is 4.07. The fourth-order valence-electron chi connectivity index (χ4n) is 2.67. The summed E-state index contributed by atoms with van der Waals surface area (Å²) in [5.74, 6) is 0.233. The second kappa shape index (κ2) is 9.74. The first kappa shape index (κ1) is 20.5. The quantitative estimate of drug-likeness (QED) is 0.607. The smallest absolute Gasteiger partial charge is 0.254 e. The summed E-state index contributed by atoms with van der Waals surface area (Å²) >= 11 is 6.38. The fourth-order valence-corrected chi connectivity index (χ4v) is 2.94. The zero-order chi connectivity index (χ0) is 19.1. The Morgan fingerprint density at radius 3 is 2.65 bits per heavy atom. The van der Waals surface area contributed by atoms with E-state index in [1.807, 2.05) is 19.0 Å². The number of rotatable bonds is 9. The van der Waals surface area contributed by atoms with Gasteiger partial charge >= 0.3 is 0 Å². The van der Waals surface area contributed by atoms with E-state index in [1.165, 1.54) is 16.7 Å². The van der Waals surface area contributed by atoms with Crippen LogP contribution < -0.4 is 10.3 Å². The SMILES string of the molecule is CCCCCOc1ccn(Cc2ccc(F)c(CN(C)C)c2Cl)c(=O)c1. The van der Waals surface area contributed by atoms with Crippen molar-refractivity contribution in [1.29, 1.82) is 0 Å². The molecule has 26 heavy (non-hydrogen) atoms. The molecule has 0 saturated heterocycles. The van der Waals surface area contributed by atoms with E-state index in [0.717, 1.165) is 19.3 Å². The third kappa shape index (κ3) is 5.58. The highest BCUT2D eigenvalue weighted by atomic mass is 35.5. The van der Waals surface area contributed by atoms with Crippen molar-refractivity contribution in [3.8, 4) is 5.75 Å². The van der Waals surface area contributed by atoms with Crippen LogP contribution in [0, 0.1) is 5.82 Å². The van der Waals surface area contributed by atoms with Gasteiger partial charge in [0.15, 0.2) is 0 Å². The summed E-state index contributed by atoms with van der Waals surface area (Å²) in [6.07, 6.45) is 4.89. The molecular formula is C20H26ClFN2O2. The van der Waals surface area contributed by atoms with Gasteiger partial charge in [-0.15, -0.1) is 0 Å². The molecule has 1 heterocycles. The Morgan fingerprint density at radius 2 is 2.00 bits per heavy atom. The molecule has 4 nitrogen and oxygen atoms in total. The third-order valence-corrected chi connectivity index (χ3v) is 4.54.